The molecule has 0 spiro atoms. The summed E-state index contributed by atoms with van der Waals surface area (Å²) in [5.41, 5.74) is 1.64. The maximum Gasteiger partial charge on any atom is 0.255 e. The highest BCUT2D eigenvalue weighted by atomic mass is 16.5. The third-order valence-electron chi connectivity index (χ3n) is 5.51. The molecule has 1 amide bonds. The molecule has 25 heavy (non-hydrogen) atoms. The maximum atomic E-state index is 12.8. The van der Waals surface area contributed by atoms with Crippen molar-refractivity contribution in [2.75, 3.05) is 13.1 Å². The molecule has 2 aromatic rings. The quantitative estimate of drug-likeness (QED) is 0.855. The van der Waals surface area contributed by atoms with Crippen LogP contribution in [-0.2, 0) is 5.41 Å². The lowest BCUT2D eigenvalue weighted by Gasteiger charge is -2.40. The number of piperidine rings is 1. The van der Waals surface area contributed by atoms with Gasteiger partial charge in [0.1, 0.15) is 0 Å². The minimum absolute atomic E-state index is 0.0411. The SMILES string of the molecule is Cc1cncc(C(=O)N2CCC(CC3CC3)(c3noc(C)n3)CC2)c1. The van der Waals surface area contributed by atoms with Gasteiger partial charge in [0.25, 0.3) is 5.91 Å². The summed E-state index contributed by atoms with van der Waals surface area (Å²) in [6, 6.07) is 1.91. The number of hydrogen-bond acceptors (Lipinski definition) is 5. The number of hydrogen-bond donors (Lipinski definition) is 0. The molecule has 0 N–H and O–H groups in total. The summed E-state index contributed by atoms with van der Waals surface area (Å²) in [6.45, 7) is 5.25. The van der Waals surface area contributed by atoms with Gasteiger partial charge in [-0.15, -0.1) is 0 Å². The predicted molar refractivity (Wildman–Crippen MR) is 92.2 cm³/mol. The lowest BCUT2D eigenvalue weighted by molar-refractivity contribution is 0.0645. The molecule has 0 bridgehead atoms. The summed E-state index contributed by atoms with van der Waals surface area (Å²) in [5, 5.41) is 4.23. The van der Waals surface area contributed by atoms with E-state index in [1.807, 2.05) is 24.8 Å². The van der Waals surface area contributed by atoms with E-state index in [9.17, 15) is 4.79 Å². The van der Waals surface area contributed by atoms with Crippen LogP contribution in [0.5, 0.6) is 0 Å². The van der Waals surface area contributed by atoms with Crippen molar-refractivity contribution < 1.29 is 9.32 Å². The standard InChI is InChI=1S/C19H24N4O2/c1-13-9-16(12-20-11-13)17(24)23-7-5-19(6-8-23,10-15-3-4-15)18-21-14(2)25-22-18/h9,11-12,15H,3-8,10H2,1-2H3. The van der Waals surface area contributed by atoms with E-state index >= 15 is 0 Å². The Morgan fingerprint density at radius 3 is 2.64 bits per heavy atom. The van der Waals surface area contributed by atoms with E-state index in [2.05, 4.69) is 15.1 Å². The van der Waals surface area contributed by atoms with Gasteiger partial charge in [-0.2, -0.15) is 4.98 Å². The van der Waals surface area contributed by atoms with Gasteiger partial charge in [0.15, 0.2) is 5.82 Å². The smallest absolute Gasteiger partial charge is 0.255 e. The summed E-state index contributed by atoms with van der Waals surface area (Å²) in [6.07, 6.45) is 8.93. The van der Waals surface area contributed by atoms with Crippen molar-refractivity contribution in [2.24, 2.45) is 5.92 Å². The Morgan fingerprint density at radius 1 is 1.28 bits per heavy atom. The van der Waals surface area contributed by atoms with Crippen LogP contribution in [0, 0.1) is 19.8 Å². The Hall–Kier alpha value is -2.24. The minimum Gasteiger partial charge on any atom is -0.340 e. The Labute approximate surface area is 147 Å². The highest BCUT2D eigenvalue weighted by Crippen LogP contribution is 2.46. The van der Waals surface area contributed by atoms with Crippen LogP contribution in [0.3, 0.4) is 0 Å². The van der Waals surface area contributed by atoms with Crippen molar-refractivity contribution in [2.45, 2.75) is 51.4 Å². The van der Waals surface area contributed by atoms with Crippen LogP contribution in [0.4, 0.5) is 0 Å². The van der Waals surface area contributed by atoms with Crippen LogP contribution in [0.25, 0.3) is 0 Å². The Kier molecular flexibility index (Phi) is 4.06. The van der Waals surface area contributed by atoms with Gasteiger partial charge in [-0.3, -0.25) is 9.78 Å². The Balaban J connectivity index is 1.50. The monoisotopic (exact) mass is 340 g/mol. The first-order valence-electron chi connectivity index (χ1n) is 9.07. The lowest BCUT2D eigenvalue weighted by Crippen LogP contribution is -2.46. The fourth-order valence-corrected chi connectivity index (χ4v) is 3.90. The molecular weight excluding hydrogens is 316 g/mol. The maximum absolute atomic E-state index is 12.8. The number of aromatic nitrogens is 3. The van der Waals surface area contributed by atoms with Gasteiger partial charge in [-0.05, 0) is 43.7 Å². The molecule has 2 aliphatic rings. The van der Waals surface area contributed by atoms with E-state index in [0.29, 0.717) is 11.5 Å². The number of carbonyl (C=O) groups is 1. The second kappa shape index (κ2) is 6.24. The molecule has 6 nitrogen and oxygen atoms in total. The van der Waals surface area contributed by atoms with Crippen molar-refractivity contribution >= 4 is 5.91 Å². The number of pyridine rings is 1. The zero-order valence-corrected chi connectivity index (χ0v) is 14.9. The third-order valence-corrected chi connectivity index (χ3v) is 5.51. The van der Waals surface area contributed by atoms with E-state index in [4.69, 9.17) is 4.52 Å². The molecule has 132 valence electrons. The number of nitrogens with zero attached hydrogens (tertiary/aromatic N) is 4. The van der Waals surface area contributed by atoms with Gasteiger partial charge in [0, 0.05) is 37.8 Å². The second-order valence-electron chi connectivity index (χ2n) is 7.61. The van der Waals surface area contributed by atoms with Crippen molar-refractivity contribution in [3.05, 3.63) is 41.3 Å². The van der Waals surface area contributed by atoms with E-state index in [1.54, 1.807) is 12.4 Å². The Morgan fingerprint density at radius 2 is 2.04 bits per heavy atom. The first-order valence-corrected chi connectivity index (χ1v) is 9.07. The normalized spacial score (nSPS) is 19.8. The average Bonchev–Trinajstić information content (AvgIpc) is 3.31. The fourth-order valence-electron chi connectivity index (χ4n) is 3.90. The van der Waals surface area contributed by atoms with Gasteiger partial charge in [0.2, 0.25) is 5.89 Å². The molecule has 2 aromatic heterocycles. The van der Waals surface area contributed by atoms with E-state index in [0.717, 1.165) is 49.7 Å². The predicted octanol–water partition coefficient (Wildman–Crippen LogP) is 3.06. The first-order chi connectivity index (χ1) is 12.1. The highest BCUT2D eigenvalue weighted by Gasteiger charge is 2.44. The molecule has 1 saturated heterocycles. The third kappa shape index (κ3) is 3.30. The van der Waals surface area contributed by atoms with Gasteiger partial charge in [0.05, 0.1) is 5.56 Å². The summed E-state index contributed by atoms with van der Waals surface area (Å²) >= 11 is 0. The van der Waals surface area contributed by atoms with Crippen molar-refractivity contribution in [3.8, 4) is 0 Å². The Bertz CT molecular complexity index is 773. The topological polar surface area (TPSA) is 72.1 Å². The van der Waals surface area contributed by atoms with Crippen molar-refractivity contribution in [3.63, 3.8) is 0 Å². The molecule has 0 aromatic carbocycles. The van der Waals surface area contributed by atoms with E-state index in [-0.39, 0.29) is 11.3 Å². The molecular formula is C19H24N4O2. The number of rotatable bonds is 4. The summed E-state index contributed by atoms with van der Waals surface area (Å²) in [4.78, 5) is 23.4. The molecule has 6 heteroatoms. The summed E-state index contributed by atoms with van der Waals surface area (Å²) < 4.78 is 5.25. The molecule has 2 fully saturated rings. The van der Waals surface area contributed by atoms with Gasteiger partial charge >= 0.3 is 0 Å². The van der Waals surface area contributed by atoms with Gasteiger partial charge in [-0.1, -0.05) is 18.0 Å². The summed E-state index contributed by atoms with van der Waals surface area (Å²) in [7, 11) is 0. The molecule has 3 heterocycles. The van der Waals surface area contributed by atoms with Crippen LogP contribution < -0.4 is 0 Å². The van der Waals surface area contributed by atoms with Crippen molar-refractivity contribution in [1.29, 1.82) is 0 Å². The van der Waals surface area contributed by atoms with Crippen LogP contribution in [0.15, 0.2) is 23.0 Å². The van der Waals surface area contributed by atoms with Gasteiger partial charge < -0.3 is 9.42 Å². The van der Waals surface area contributed by atoms with Crippen LogP contribution in [0.2, 0.25) is 0 Å². The zero-order chi connectivity index (χ0) is 17.4. The molecule has 0 unspecified atom stereocenters. The second-order valence-corrected chi connectivity index (χ2v) is 7.61. The summed E-state index contributed by atoms with van der Waals surface area (Å²) in [5.74, 6) is 2.30. The van der Waals surface area contributed by atoms with Crippen molar-refractivity contribution in [1.82, 2.24) is 20.0 Å². The molecule has 1 aliphatic heterocycles. The van der Waals surface area contributed by atoms with Crippen LogP contribution in [-0.4, -0.2) is 39.0 Å². The highest BCUT2D eigenvalue weighted by molar-refractivity contribution is 5.94. The molecule has 4 rings (SSSR count). The number of amides is 1. The molecule has 0 radical (unpaired) electrons. The number of carbonyl (C=O) groups excluding carboxylic acids is 1. The largest absolute Gasteiger partial charge is 0.340 e. The lowest BCUT2D eigenvalue weighted by atomic mass is 9.73. The number of likely N-dealkylation sites (tertiary alicyclic amines) is 1. The zero-order valence-electron chi connectivity index (χ0n) is 14.9. The number of aryl methyl sites for hydroxylation is 2. The van der Waals surface area contributed by atoms with E-state index < -0.39 is 0 Å². The van der Waals surface area contributed by atoms with Crippen LogP contribution >= 0.6 is 0 Å². The molecule has 0 atom stereocenters. The fraction of sp³-hybridized carbons (Fsp3) is 0.579. The molecule has 1 saturated carbocycles. The van der Waals surface area contributed by atoms with E-state index in [1.165, 1.54) is 12.8 Å². The van der Waals surface area contributed by atoms with Crippen LogP contribution in [0.1, 0.15) is 59.7 Å². The molecule has 1 aliphatic carbocycles. The minimum atomic E-state index is -0.0411. The first kappa shape index (κ1) is 16.2. The van der Waals surface area contributed by atoms with Gasteiger partial charge in [-0.25, -0.2) is 0 Å². The average molecular weight is 340 g/mol.